The molecule has 8 heteroatoms. The van der Waals surface area contributed by atoms with Crippen LogP contribution in [0.1, 0.15) is 13.8 Å². The zero-order valence-corrected chi connectivity index (χ0v) is 11.3. The van der Waals surface area contributed by atoms with E-state index in [-0.39, 0.29) is 12.5 Å². The van der Waals surface area contributed by atoms with E-state index in [0.29, 0.717) is 12.1 Å². The maximum atomic E-state index is 13.4. The summed E-state index contributed by atoms with van der Waals surface area (Å²) in [6.45, 7) is 3.41. The lowest BCUT2D eigenvalue weighted by molar-refractivity contribution is 0.445. The molecule has 0 aliphatic heterocycles. The van der Waals surface area contributed by atoms with Crippen LogP contribution in [0.2, 0.25) is 0 Å². The molecule has 0 radical (unpaired) electrons. The molecule has 0 saturated carbocycles. The summed E-state index contributed by atoms with van der Waals surface area (Å²) in [5.41, 5.74) is 5.38. The Kier molecular flexibility index (Phi) is 4.94. The van der Waals surface area contributed by atoms with Gasteiger partial charge in [0, 0.05) is 18.2 Å². The highest BCUT2D eigenvalue weighted by Gasteiger charge is 2.27. The minimum atomic E-state index is -4.41. The van der Waals surface area contributed by atoms with Gasteiger partial charge in [0.15, 0.2) is 4.90 Å². The molecule has 0 fully saturated rings. The Morgan fingerprint density at radius 2 is 1.68 bits per heavy atom. The van der Waals surface area contributed by atoms with Crippen LogP contribution in [0, 0.1) is 23.4 Å². The van der Waals surface area contributed by atoms with Crippen LogP contribution in [0.5, 0.6) is 0 Å². The van der Waals surface area contributed by atoms with Crippen LogP contribution in [0.4, 0.5) is 13.2 Å². The fraction of sp³-hybridized carbons (Fsp3) is 0.455. The largest absolute Gasteiger partial charge is 0.330 e. The van der Waals surface area contributed by atoms with Gasteiger partial charge in [0.2, 0.25) is 10.0 Å². The lowest BCUT2D eigenvalue weighted by Gasteiger charge is -2.20. The zero-order valence-electron chi connectivity index (χ0n) is 10.5. The van der Waals surface area contributed by atoms with Gasteiger partial charge in [-0.2, -0.15) is 0 Å². The van der Waals surface area contributed by atoms with Crippen molar-refractivity contribution in [1.82, 2.24) is 4.72 Å². The van der Waals surface area contributed by atoms with E-state index in [2.05, 4.69) is 4.72 Å². The van der Waals surface area contributed by atoms with Gasteiger partial charge < -0.3 is 5.73 Å². The minimum Gasteiger partial charge on any atom is -0.330 e. The smallest absolute Gasteiger partial charge is 0.246 e. The standard InChI is InChI=1S/C11H15F3N2O2S/c1-6(5-15)7(2)16-19(17,18)11-9(13)3-8(12)4-10(11)14/h3-4,6-7,16H,5,15H2,1-2H3. The molecule has 1 rings (SSSR count). The maximum Gasteiger partial charge on any atom is 0.246 e. The van der Waals surface area contributed by atoms with E-state index in [9.17, 15) is 21.6 Å². The fourth-order valence-corrected chi connectivity index (χ4v) is 2.88. The molecule has 0 aliphatic carbocycles. The first-order valence-corrected chi connectivity index (χ1v) is 7.04. The van der Waals surface area contributed by atoms with Crippen LogP contribution in [0.25, 0.3) is 0 Å². The molecule has 0 spiro atoms. The fourth-order valence-electron chi connectivity index (χ4n) is 1.41. The Morgan fingerprint density at radius 1 is 1.21 bits per heavy atom. The third kappa shape index (κ3) is 3.68. The van der Waals surface area contributed by atoms with E-state index in [1.54, 1.807) is 6.92 Å². The first-order chi connectivity index (χ1) is 8.69. The van der Waals surface area contributed by atoms with Crippen molar-refractivity contribution in [1.29, 1.82) is 0 Å². The van der Waals surface area contributed by atoms with Crippen LogP contribution < -0.4 is 10.5 Å². The summed E-state index contributed by atoms with van der Waals surface area (Å²) in [7, 11) is -4.41. The summed E-state index contributed by atoms with van der Waals surface area (Å²) < 4.78 is 65.4. The van der Waals surface area contributed by atoms with Gasteiger partial charge in [0.25, 0.3) is 0 Å². The molecule has 0 amide bonds. The Bertz CT molecular complexity index is 540. The normalized spacial score (nSPS) is 15.3. The first kappa shape index (κ1) is 15.9. The summed E-state index contributed by atoms with van der Waals surface area (Å²) in [6, 6.07) is 0.0161. The number of benzene rings is 1. The second-order valence-corrected chi connectivity index (χ2v) is 5.97. The minimum absolute atomic E-state index is 0.206. The van der Waals surface area contributed by atoms with E-state index in [4.69, 9.17) is 5.73 Å². The third-order valence-corrected chi connectivity index (χ3v) is 4.41. The number of halogens is 3. The van der Waals surface area contributed by atoms with Gasteiger partial charge in [-0.05, 0) is 19.4 Å². The highest BCUT2D eigenvalue weighted by Crippen LogP contribution is 2.20. The van der Waals surface area contributed by atoms with Crippen LogP contribution in [0.15, 0.2) is 17.0 Å². The lowest BCUT2D eigenvalue weighted by atomic mass is 10.1. The summed E-state index contributed by atoms with van der Waals surface area (Å²) in [5.74, 6) is -4.35. The van der Waals surface area contributed by atoms with E-state index in [0.717, 1.165) is 0 Å². The summed E-state index contributed by atoms with van der Waals surface area (Å²) in [4.78, 5) is -1.19. The van der Waals surface area contributed by atoms with Crippen molar-refractivity contribution in [2.24, 2.45) is 11.7 Å². The molecular weight excluding hydrogens is 281 g/mol. The average molecular weight is 296 g/mol. The molecule has 0 bridgehead atoms. The number of hydrogen-bond acceptors (Lipinski definition) is 3. The van der Waals surface area contributed by atoms with E-state index in [1.807, 2.05) is 0 Å². The van der Waals surface area contributed by atoms with Crippen molar-refractivity contribution in [3.8, 4) is 0 Å². The monoisotopic (exact) mass is 296 g/mol. The molecule has 1 aromatic carbocycles. The number of nitrogens with two attached hydrogens (primary N) is 1. The molecule has 3 N–H and O–H groups in total. The number of nitrogens with one attached hydrogen (secondary N) is 1. The number of rotatable bonds is 5. The summed E-state index contributed by atoms with van der Waals surface area (Å²) in [5, 5.41) is 0. The Labute approximate surface area is 109 Å². The molecule has 1 aromatic rings. The Balaban J connectivity index is 3.15. The van der Waals surface area contributed by atoms with Gasteiger partial charge in [-0.25, -0.2) is 26.3 Å². The average Bonchev–Trinajstić information content (AvgIpc) is 2.24. The highest BCUT2D eigenvalue weighted by atomic mass is 32.2. The van der Waals surface area contributed by atoms with Gasteiger partial charge in [-0.15, -0.1) is 0 Å². The Morgan fingerprint density at radius 3 is 2.11 bits per heavy atom. The second-order valence-electron chi connectivity index (χ2n) is 4.32. The van der Waals surface area contributed by atoms with E-state index in [1.165, 1.54) is 6.92 Å². The molecular formula is C11H15F3N2O2S. The molecule has 0 aliphatic rings. The SMILES string of the molecule is CC(CN)C(C)NS(=O)(=O)c1c(F)cc(F)cc1F. The van der Waals surface area contributed by atoms with Gasteiger partial charge in [0.1, 0.15) is 17.5 Å². The number of sulfonamides is 1. The van der Waals surface area contributed by atoms with Crippen molar-refractivity contribution < 1.29 is 21.6 Å². The molecule has 0 heterocycles. The van der Waals surface area contributed by atoms with Crippen LogP contribution >= 0.6 is 0 Å². The maximum absolute atomic E-state index is 13.4. The van der Waals surface area contributed by atoms with Crippen molar-refractivity contribution in [3.05, 3.63) is 29.6 Å². The van der Waals surface area contributed by atoms with E-state index < -0.39 is 38.4 Å². The molecule has 19 heavy (non-hydrogen) atoms. The molecule has 0 saturated heterocycles. The van der Waals surface area contributed by atoms with Crippen molar-refractivity contribution in [2.75, 3.05) is 6.54 Å². The highest BCUT2D eigenvalue weighted by molar-refractivity contribution is 7.89. The second kappa shape index (κ2) is 5.89. The molecule has 4 nitrogen and oxygen atoms in total. The lowest BCUT2D eigenvalue weighted by Crippen LogP contribution is -2.40. The molecule has 108 valence electrons. The predicted molar refractivity (Wildman–Crippen MR) is 64.3 cm³/mol. The summed E-state index contributed by atoms with van der Waals surface area (Å²) >= 11 is 0. The van der Waals surface area contributed by atoms with Crippen molar-refractivity contribution >= 4 is 10.0 Å². The quantitative estimate of drug-likeness (QED) is 0.862. The molecule has 2 atom stereocenters. The molecule has 2 unspecified atom stereocenters. The van der Waals surface area contributed by atoms with Crippen LogP contribution in [-0.2, 0) is 10.0 Å². The molecule has 0 aromatic heterocycles. The third-order valence-electron chi connectivity index (χ3n) is 2.80. The van der Waals surface area contributed by atoms with E-state index >= 15 is 0 Å². The van der Waals surface area contributed by atoms with Crippen molar-refractivity contribution in [3.63, 3.8) is 0 Å². The first-order valence-electron chi connectivity index (χ1n) is 5.56. The van der Waals surface area contributed by atoms with Crippen molar-refractivity contribution in [2.45, 2.75) is 24.8 Å². The topological polar surface area (TPSA) is 72.2 Å². The summed E-state index contributed by atoms with van der Waals surface area (Å²) in [6.07, 6.45) is 0. The van der Waals surface area contributed by atoms with Gasteiger partial charge in [-0.1, -0.05) is 6.92 Å². The Hall–Kier alpha value is -1.12. The van der Waals surface area contributed by atoms with Gasteiger partial charge in [-0.3, -0.25) is 0 Å². The van der Waals surface area contributed by atoms with Crippen LogP contribution in [0.3, 0.4) is 0 Å². The van der Waals surface area contributed by atoms with Gasteiger partial charge >= 0.3 is 0 Å². The zero-order chi connectivity index (χ0) is 14.8. The number of hydrogen-bond donors (Lipinski definition) is 2. The van der Waals surface area contributed by atoms with Gasteiger partial charge in [0.05, 0.1) is 0 Å². The predicted octanol–water partition coefficient (Wildman–Crippen LogP) is 1.37. The van der Waals surface area contributed by atoms with Crippen LogP contribution in [-0.4, -0.2) is 21.0 Å².